The van der Waals surface area contributed by atoms with Crippen LogP contribution in [0.1, 0.15) is 0 Å². The summed E-state index contributed by atoms with van der Waals surface area (Å²) in [5.74, 6) is 0. The van der Waals surface area contributed by atoms with Gasteiger partial charge in [0.05, 0.1) is 11.6 Å². The summed E-state index contributed by atoms with van der Waals surface area (Å²) >= 11 is 1.58. The molecule has 2 nitrogen and oxygen atoms in total. The van der Waals surface area contributed by atoms with Crippen LogP contribution in [0.4, 0.5) is 0 Å². The van der Waals surface area contributed by atoms with E-state index < -0.39 is 0 Å². The maximum Gasteiger partial charge on any atom is 0.124 e. The van der Waals surface area contributed by atoms with Crippen LogP contribution in [0.3, 0.4) is 0 Å². The van der Waals surface area contributed by atoms with E-state index in [2.05, 4.69) is 11.1 Å². The Bertz CT molecular complexity index is 355. The summed E-state index contributed by atoms with van der Waals surface area (Å²) in [7, 11) is 0. The Kier molecular flexibility index (Phi) is 1.84. The summed E-state index contributed by atoms with van der Waals surface area (Å²) in [5, 5.41) is 10.7. The number of allylic oxidation sites excluding steroid dienone is 3. The molecule has 3 heteroatoms. The van der Waals surface area contributed by atoms with Crippen LogP contribution >= 0.6 is 11.8 Å². The van der Waals surface area contributed by atoms with Crippen molar-refractivity contribution in [3.63, 3.8) is 0 Å². The molecule has 2 rings (SSSR count). The van der Waals surface area contributed by atoms with Crippen molar-refractivity contribution in [2.45, 2.75) is 5.37 Å². The van der Waals surface area contributed by atoms with Gasteiger partial charge in [0.2, 0.25) is 0 Å². The Morgan fingerprint density at radius 1 is 1.58 bits per heavy atom. The molecule has 0 aromatic heterocycles. The highest BCUT2D eigenvalue weighted by Crippen LogP contribution is 2.30. The number of thioether (sulfide) groups is 1. The van der Waals surface area contributed by atoms with Crippen LogP contribution in [-0.4, -0.2) is 11.6 Å². The quantitative estimate of drug-likeness (QED) is 0.563. The molecule has 0 spiro atoms. The van der Waals surface area contributed by atoms with Crippen LogP contribution in [0.5, 0.6) is 0 Å². The van der Waals surface area contributed by atoms with Gasteiger partial charge in [0.1, 0.15) is 5.37 Å². The minimum atomic E-state index is 0.173. The van der Waals surface area contributed by atoms with Crippen LogP contribution in [-0.2, 0) is 0 Å². The highest BCUT2D eigenvalue weighted by Gasteiger charge is 2.16. The minimum absolute atomic E-state index is 0.173. The van der Waals surface area contributed by atoms with Gasteiger partial charge in [-0.15, -0.1) is 11.8 Å². The van der Waals surface area contributed by atoms with Gasteiger partial charge in [0.25, 0.3) is 0 Å². The summed E-state index contributed by atoms with van der Waals surface area (Å²) in [6, 6.07) is 2.12. The van der Waals surface area contributed by atoms with E-state index in [9.17, 15) is 0 Å². The third-order valence-corrected chi connectivity index (χ3v) is 2.70. The summed E-state index contributed by atoms with van der Waals surface area (Å²) < 4.78 is 0. The van der Waals surface area contributed by atoms with Gasteiger partial charge in [-0.25, -0.2) is 0 Å². The van der Waals surface area contributed by atoms with Crippen LogP contribution in [0, 0.1) is 11.3 Å². The summed E-state index contributed by atoms with van der Waals surface area (Å²) in [5.41, 5.74) is 1.83. The number of nitrogens with zero attached hydrogens (tertiary/aromatic N) is 2. The van der Waals surface area contributed by atoms with Crippen molar-refractivity contribution in [2.24, 2.45) is 4.99 Å². The third-order valence-electron chi connectivity index (χ3n) is 1.66. The van der Waals surface area contributed by atoms with Gasteiger partial charge in [-0.05, 0) is 23.1 Å². The Morgan fingerprint density at radius 3 is 3.33 bits per heavy atom. The molecular formula is C9H6N2S. The molecule has 0 aromatic rings. The van der Waals surface area contributed by atoms with Crippen LogP contribution < -0.4 is 0 Å². The lowest BCUT2D eigenvalue weighted by atomic mass is 10.1. The van der Waals surface area contributed by atoms with Crippen LogP contribution in [0.25, 0.3) is 0 Å². The molecule has 1 atom stereocenters. The van der Waals surface area contributed by atoms with Crippen molar-refractivity contribution in [1.82, 2.24) is 0 Å². The first-order valence-corrected chi connectivity index (χ1v) is 4.51. The van der Waals surface area contributed by atoms with E-state index in [0.29, 0.717) is 5.57 Å². The molecule has 1 unspecified atom stereocenters. The zero-order valence-electron chi connectivity index (χ0n) is 6.27. The first kappa shape index (κ1) is 7.38. The molecule has 12 heavy (non-hydrogen) atoms. The highest BCUT2D eigenvalue weighted by atomic mass is 32.2. The molecule has 2 aliphatic rings. The number of fused-ring (bicyclic) bond motifs is 1. The standard InChI is InChI=1S/C9H6N2S/c10-5-7-4-8-2-1-3-11-9(8)12-6-7/h1-4,6,9H. The second-order valence-electron chi connectivity index (χ2n) is 2.48. The predicted octanol–water partition coefficient (Wildman–Crippen LogP) is 2.03. The first-order valence-electron chi connectivity index (χ1n) is 3.57. The SMILES string of the molecule is N#CC1=CSC2N=CC=CC2=C1. The fourth-order valence-electron chi connectivity index (χ4n) is 1.09. The van der Waals surface area contributed by atoms with Crippen molar-refractivity contribution >= 4 is 18.0 Å². The lowest BCUT2D eigenvalue weighted by Gasteiger charge is -2.17. The molecule has 0 fully saturated rings. The second kappa shape index (κ2) is 3.00. The minimum Gasteiger partial charge on any atom is -0.274 e. The third kappa shape index (κ3) is 1.21. The molecule has 0 amide bonds. The van der Waals surface area contributed by atoms with Gasteiger partial charge < -0.3 is 0 Å². The number of dihydropyridines is 1. The van der Waals surface area contributed by atoms with Crippen LogP contribution in [0.15, 0.2) is 39.8 Å². The molecule has 0 N–H and O–H groups in total. The zero-order chi connectivity index (χ0) is 8.39. The number of aliphatic imine (C=N–C) groups is 1. The molecule has 0 saturated heterocycles. The maximum absolute atomic E-state index is 8.64. The van der Waals surface area contributed by atoms with E-state index in [4.69, 9.17) is 5.26 Å². The number of hydrogen-bond donors (Lipinski definition) is 0. The average Bonchev–Trinajstić information content (AvgIpc) is 2.17. The van der Waals surface area contributed by atoms with Gasteiger partial charge in [0, 0.05) is 6.21 Å². The Hall–Kier alpha value is -1.27. The molecule has 58 valence electrons. The number of hydrogen-bond acceptors (Lipinski definition) is 3. The van der Waals surface area contributed by atoms with Crippen molar-refractivity contribution < 1.29 is 0 Å². The molecule has 0 aliphatic carbocycles. The van der Waals surface area contributed by atoms with E-state index in [1.165, 1.54) is 0 Å². The van der Waals surface area contributed by atoms with Gasteiger partial charge in [-0.1, -0.05) is 6.08 Å². The van der Waals surface area contributed by atoms with E-state index in [1.54, 1.807) is 18.0 Å². The van der Waals surface area contributed by atoms with E-state index in [1.807, 2.05) is 23.6 Å². The van der Waals surface area contributed by atoms with E-state index in [-0.39, 0.29) is 5.37 Å². The molecular weight excluding hydrogens is 168 g/mol. The molecule has 0 saturated carbocycles. The first-order chi connectivity index (χ1) is 5.90. The summed E-state index contributed by atoms with van der Waals surface area (Å²) in [4.78, 5) is 4.25. The van der Waals surface area contributed by atoms with Gasteiger partial charge >= 0.3 is 0 Å². The normalized spacial score (nSPS) is 25.4. The molecule has 0 bridgehead atoms. The van der Waals surface area contributed by atoms with E-state index in [0.717, 1.165) is 5.57 Å². The number of rotatable bonds is 0. The largest absolute Gasteiger partial charge is 0.274 e. The lowest BCUT2D eigenvalue weighted by Crippen LogP contribution is -2.07. The van der Waals surface area contributed by atoms with Crippen molar-refractivity contribution in [3.8, 4) is 6.07 Å². The smallest absolute Gasteiger partial charge is 0.124 e. The average molecular weight is 174 g/mol. The molecule has 2 aliphatic heterocycles. The Balaban J connectivity index is 2.33. The lowest BCUT2D eigenvalue weighted by molar-refractivity contribution is 1.09. The van der Waals surface area contributed by atoms with Gasteiger partial charge in [-0.2, -0.15) is 5.26 Å². The molecule has 0 radical (unpaired) electrons. The van der Waals surface area contributed by atoms with Crippen molar-refractivity contribution in [1.29, 1.82) is 5.26 Å². The van der Waals surface area contributed by atoms with Crippen molar-refractivity contribution in [3.05, 3.63) is 34.8 Å². The second-order valence-corrected chi connectivity index (χ2v) is 3.43. The number of nitriles is 1. The van der Waals surface area contributed by atoms with Crippen molar-refractivity contribution in [2.75, 3.05) is 0 Å². The van der Waals surface area contributed by atoms with Crippen LogP contribution in [0.2, 0.25) is 0 Å². The fraction of sp³-hybridized carbons (Fsp3) is 0.111. The fourth-order valence-corrected chi connectivity index (χ4v) is 1.93. The van der Waals surface area contributed by atoms with Gasteiger partial charge in [0.15, 0.2) is 0 Å². The van der Waals surface area contributed by atoms with Gasteiger partial charge in [-0.3, -0.25) is 4.99 Å². The summed E-state index contributed by atoms with van der Waals surface area (Å²) in [6.45, 7) is 0. The Morgan fingerprint density at radius 2 is 2.50 bits per heavy atom. The zero-order valence-corrected chi connectivity index (χ0v) is 7.08. The predicted molar refractivity (Wildman–Crippen MR) is 50.8 cm³/mol. The molecule has 2 heterocycles. The van der Waals surface area contributed by atoms with E-state index >= 15 is 0 Å². The topological polar surface area (TPSA) is 36.1 Å². The monoisotopic (exact) mass is 174 g/mol. The maximum atomic E-state index is 8.64. The Labute approximate surface area is 75.0 Å². The summed E-state index contributed by atoms with van der Waals surface area (Å²) in [6.07, 6.45) is 7.56. The molecule has 0 aromatic carbocycles. The highest BCUT2D eigenvalue weighted by molar-refractivity contribution is 8.03.